The van der Waals surface area contributed by atoms with Gasteiger partial charge in [-0.25, -0.2) is 9.18 Å². The number of nitrogens with zero attached hydrogens (tertiary/aromatic N) is 3. The third kappa shape index (κ3) is 5.38. The van der Waals surface area contributed by atoms with Crippen molar-refractivity contribution in [3.63, 3.8) is 0 Å². The molecule has 0 aromatic heterocycles. The molecular weight excluding hydrogens is 359 g/mol. The molecule has 0 bridgehead atoms. The zero-order valence-corrected chi connectivity index (χ0v) is 15.0. The van der Waals surface area contributed by atoms with Gasteiger partial charge in [0, 0.05) is 49.2 Å². The first-order chi connectivity index (χ1) is 13.7. The Hall–Kier alpha value is -3.74. The lowest BCUT2D eigenvalue weighted by Crippen LogP contribution is -2.28. The number of aliphatic imine (C=N–C) groups is 2. The fourth-order valence-electron chi connectivity index (χ4n) is 2.55. The van der Waals surface area contributed by atoms with Crippen LogP contribution in [0.25, 0.3) is 0 Å². The van der Waals surface area contributed by atoms with Crippen LogP contribution < -0.4 is 5.32 Å². The molecule has 2 aliphatic rings. The van der Waals surface area contributed by atoms with Gasteiger partial charge in [-0.3, -0.25) is 14.9 Å². The molecule has 2 heterocycles. The third-order valence-electron chi connectivity index (χ3n) is 3.87. The highest BCUT2D eigenvalue weighted by Gasteiger charge is 2.27. The molecule has 7 heteroatoms. The number of hydrogen-bond acceptors (Lipinski definition) is 5. The molecule has 0 saturated heterocycles. The molecule has 1 aromatic carbocycles. The van der Waals surface area contributed by atoms with Crippen LogP contribution in [-0.2, 0) is 17.8 Å². The number of hydrogen-bond donors (Lipinski definition) is 1. The second kappa shape index (κ2) is 9.82. The normalized spacial score (nSPS) is 16.2. The van der Waals surface area contributed by atoms with Gasteiger partial charge >= 0.3 is 6.09 Å². The van der Waals surface area contributed by atoms with Crippen molar-refractivity contribution < 1.29 is 13.9 Å². The smallest absolute Gasteiger partial charge is 0.393 e. The van der Waals surface area contributed by atoms with E-state index >= 15 is 0 Å². The van der Waals surface area contributed by atoms with Crippen molar-refractivity contribution in [2.24, 2.45) is 9.98 Å². The van der Waals surface area contributed by atoms with Crippen molar-refractivity contribution in [3.05, 3.63) is 96.1 Å². The average Bonchev–Trinajstić information content (AvgIpc) is 3.12. The van der Waals surface area contributed by atoms with Gasteiger partial charge in [-0.15, -0.1) is 0 Å². The molecule has 3 rings (SSSR count). The van der Waals surface area contributed by atoms with Crippen LogP contribution in [-0.4, -0.2) is 23.4 Å². The molecule has 0 unspecified atom stereocenters. The monoisotopic (exact) mass is 378 g/mol. The largest absolute Gasteiger partial charge is 0.417 e. The van der Waals surface area contributed by atoms with E-state index in [0.29, 0.717) is 12.1 Å². The van der Waals surface area contributed by atoms with Gasteiger partial charge in [0.15, 0.2) is 0 Å². The van der Waals surface area contributed by atoms with Crippen LogP contribution in [0.15, 0.2) is 89.1 Å². The summed E-state index contributed by atoms with van der Waals surface area (Å²) in [4.78, 5) is 22.0. The summed E-state index contributed by atoms with van der Waals surface area (Å²) in [6.45, 7) is 0.477. The number of ether oxygens (including phenoxy) is 1. The predicted octanol–water partition coefficient (Wildman–Crippen LogP) is 3.96. The van der Waals surface area contributed by atoms with E-state index in [0.717, 1.165) is 5.56 Å². The minimum absolute atomic E-state index is 0.174. The van der Waals surface area contributed by atoms with E-state index in [1.807, 2.05) is 12.2 Å². The van der Waals surface area contributed by atoms with E-state index in [1.165, 1.54) is 23.4 Å². The number of nitrogens with one attached hydrogen (secondary N) is 1. The number of amides is 1. The van der Waals surface area contributed by atoms with Crippen molar-refractivity contribution in [1.29, 1.82) is 0 Å². The molecule has 0 fully saturated rings. The summed E-state index contributed by atoms with van der Waals surface area (Å²) in [6, 6.07) is 4.82. The maximum Gasteiger partial charge on any atom is 0.417 e. The molecule has 1 amide bonds. The van der Waals surface area contributed by atoms with Crippen molar-refractivity contribution in [2.75, 3.05) is 0 Å². The van der Waals surface area contributed by atoms with Gasteiger partial charge < -0.3 is 10.1 Å². The number of halogens is 1. The number of carbonyl (C=O) groups excluding carboxylic acids is 1. The number of fused-ring (bicyclic) bond motifs is 1. The lowest BCUT2D eigenvalue weighted by atomic mass is 10.1. The molecule has 2 aliphatic heterocycles. The molecule has 142 valence electrons. The zero-order valence-electron chi connectivity index (χ0n) is 15.0. The molecule has 0 atom stereocenters. The maximum atomic E-state index is 13.9. The van der Waals surface area contributed by atoms with Gasteiger partial charge in [0.2, 0.25) is 5.88 Å². The van der Waals surface area contributed by atoms with Crippen molar-refractivity contribution >= 4 is 18.5 Å². The molecular formula is C21H19FN4O2. The molecule has 0 saturated carbocycles. The molecule has 1 N–H and O–H groups in total. The van der Waals surface area contributed by atoms with Crippen LogP contribution in [0.2, 0.25) is 0 Å². The Labute approximate surface area is 162 Å². The summed E-state index contributed by atoms with van der Waals surface area (Å²) in [5.41, 5.74) is 1.30. The first kappa shape index (κ1) is 19.0. The van der Waals surface area contributed by atoms with E-state index in [9.17, 15) is 9.18 Å². The van der Waals surface area contributed by atoms with E-state index in [2.05, 4.69) is 15.3 Å². The van der Waals surface area contributed by atoms with E-state index < -0.39 is 6.09 Å². The Kier molecular flexibility index (Phi) is 6.67. The summed E-state index contributed by atoms with van der Waals surface area (Å²) in [7, 11) is 0. The fraction of sp³-hybridized carbons (Fsp3) is 0.0952. The Morgan fingerprint density at radius 3 is 2.61 bits per heavy atom. The second-order valence-corrected chi connectivity index (χ2v) is 5.80. The SMILES string of the molecule is O=C(OC1=CC=CN=CC=CC=CC=NC=CN1)N1Cc2cccc(F)c2C1. The van der Waals surface area contributed by atoms with Gasteiger partial charge in [0.25, 0.3) is 0 Å². The number of allylic oxidation sites excluding steroid dienone is 6. The van der Waals surface area contributed by atoms with E-state index in [-0.39, 0.29) is 18.2 Å². The van der Waals surface area contributed by atoms with Crippen molar-refractivity contribution in [1.82, 2.24) is 10.2 Å². The Balaban J connectivity index is 1.69. The second-order valence-electron chi connectivity index (χ2n) is 5.80. The Morgan fingerprint density at radius 1 is 1.04 bits per heavy atom. The van der Waals surface area contributed by atoms with Gasteiger partial charge in [0.05, 0.1) is 6.54 Å². The average molecular weight is 378 g/mol. The molecule has 0 radical (unpaired) electrons. The lowest BCUT2D eigenvalue weighted by molar-refractivity contribution is 0.124. The highest BCUT2D eigenvalue weighted by Crippen LogP contribution is 2.25. The minimum Gasteiger partial charge on any atom is -0.393 e. The van der Waals surface area contributed by atoms with Gasteiger partial charge in [0.1, 0.15) is 5.82 Å². The standard InChI is InChI=1S/C21H19FN4O2/c22-19-8-5-7-17-15-26(16-18(17)19)21(27)28-20-9-6-12-23-10-3-1-2-4-11-24-13-14-25-20/h1-14,25H,15-16H2. The zero-order chi connectivity index (χ0) is 19.6. The molecule has 1 aromatic rings. The number of benzene rings is 1. The third-order valence-corrected chi connectivity index (χ3v) is 3.87. The highest BCUT2D eigenvalue weighted by atomic mass is 19.1. The van der Waals surface area contributed by atoms with Crippen molar-refractivity contribution in [3.8, 4) is 0 Å². The highest BCUT2D eigenvalue weighted by molar-refractivity contribution is 5.74. The molecule has 28 heavy (non-hydrogen) atoms. The topological polar surface area (TPSA) is 66.3 Å². The van der Waals surface area contributed by atoms with Crippen molar-refractivity contribution in [2.45, 2.75) is 13.1 Å². The minimum atomic E-state index is -0.577. The lowest BCUT2D eigenvalue weighted by Gasteiger charge is -2.16. The van der Waals surface area contributed by atoms with Crippen LogP contribution in [0.3, 0.4) is 0 Å². The van der Waals surface area contributed by atoms with Gasteiger partial charge in [-0.2, -0.15) is 0 Å². The molecule has 6 nitrogen and oxygen atoms in total. The van der Waals surface area contributed by atoms with Crippen LogP contribution in [0.1, 0.15) is 11.1 Å². The quantitative estimate of drug-likeness (QED) is 0.804. The predicted molar refractivity (Wildman–Crippen MR) is 107 cm³/mol. The molecule has 0 spiro atoms. The van der Waals surface area contributed by atoms with Crippen LogP contribution in [0.5, 0.6) is 0 Å². The molecule has 0 aliphatic carbocycles. The maximum absolute atomic E-state index is 13.9. The number of carbonyl (C=O) groups is 1. The first-order valence-corrected chi connectivity index (χ1v) is 8.64. The summed E-state index contributed by atoms with van der Waals surface area (Å²) in [5, 5.41) is 2.86. The van der Waals surface area contributed by atoms with Gasteiger partial charge in [-0.05, 0) is 29.9 Å². The summed E-state index contributed by atoms with van der Waals surface area (Å²) in [5.74, 6) is -0.121. The summed E-state index contributed by atoms with van der Waals surface area (Å²) >= 11 is 0. The Bertz CT molecular complexity index is 926. The number of rotatable bonds is 1. The summed E-state index contributed by atoms with van der Waals surface area (Å²) < 4.78 is 19.3. The first-order valence-electron chi connectivity index (χ1n) is 8.64. The van der Waals surface area contributed by atoms with Gasteiger partial charge in [-0.1, -0.05) is 24.3 Å². The Morgan fingerprint density at radius 2 is 1.82 bits per heavy atom. The van der Waals surface area contributed by atoms with Crippen LogP contribution in [0, 0.1) is 5.82 Å². The van der Waals surface area contributed by atoms with Crippen LogP contribution >= 0.6 is 0 Å². The summed E-state index contributed by atoms with van der Waals surface area (Å²) in [6.07, 6.45) is 17.7. The van der Waals surface area contributed by atoms with E-state index in [4.69, 9.17) is 4.74 Å². The van der Waals surface area contributed by atoms with E-state index in [1.54, 1.807) is 55.1 Å². The van der Waals surface area contributed by atoms with Crippen LogP contribution in [0.4, 0.5) is 9.18 Å². The fourth-order valence-corrected chi connectivity index (χ4v) is 2.55.